The van der Waals surface area contributed by atoms with Crippen molar-refractivity contribution in [2.75, 3.05) is 26.3 Å². The lowest BCUT2D eigenvalue weighted by atomic mass is 9.74. The van der Waals surface area contributed by atoms with Crippen molar-refractivity contribution in [2.45, 2.75) is 39.5 Å². The molecule has 1 aromatic heterocycles. The molecule has 0 N–H and O–H groups in total. The van der Waals surface area contributed by atoms with Crippen molar-refractivity contribution in [3.8, 4) is 11.4 Å². The third-order valence-electron chi connectivity index (χ3n) is 5.87. The van der Waals surface area contributed by atoms with E-state index >= 15 is 0 Å². The number of carbonyl (C=O) groups excluding carboxylic acids is 1. The van der Waals surface area contributed by atoms with Crippen LogP contribution in [0.1, 0.15) is 47.4 Å². The minimum Gasteiger partial charge on any atom is -0.381 e. The van der Waals surface area contributed by atoms with Gasteiger partial charge in [0.25, 0.3) is 5.91 Å². The van der Waals surface area contributed by atoms with Crippen molar-refractivity contribution < 1.29 is 9.53 Å². The van der Waals surface area contributed by atoms with Crippen LogP contribution in [0.15, 0.2) is 30.3 Å². The first-order valence-corrected chi connectivity index (χ1v) is 9.84. The smallest absolute Gasteiger partial charge is 0.253 e. The van der Waals surface area contributed by atoms with Crippen molar-refractivity contribution in [1.82, 2.24) is 14.9 Å². The van der Waals surface area contributed by atoms with Crippen LogP contribution in [0.3, 0.4) is 0 Å². The highest BCUT2D eigenvalue weighted by molar-refractivity contribution is 5.94. The van der Waals surface area contributed by atoms with Crippen molar-refractivity contribution >= 4 is 5.91 Å². The number of likely N-dealkylation sites (tertiary alicyclic amines) is 1. The van der Waals surface area contributed by atoms with Crippen molar-refractivity contribution in [3.05, 3.63) is 47.3 Å². The van der Waals surface area contributed by atoms with E-state index in [0.29, 0.717) is 5.82 Å². The summed E-state index contributed by atoms with van der Waals surface area (Å²) in [5.41, 5.74) is 3.85. The summed E-state index contributed by atoms with van der Waals surface area (Å²) < 4.78 is 5.53. The van der Waals surface area contributed by atoms with E-state index in [9.17, 15) is 4.79 Å². The lowest BCUT2D eigenvalue weighted by Gasteiger charge is -2.45. The molecule has 0 radical (unpaired) electrons. The van der Waals surface area contributed by atoms with Gasteiger partial charge in [0.15, 0.2) is 5.82 Å². The minimum absolute atomic E-state index is 0.133. The van der Waals surface area contributed by atoms with E-state index < -0.39 is 0 Å². The van der Waals surface area contributed by atoms with Gasteiger partial charge in [-0.3, -0.25) is 4.79 Å². The van der Waals surface area contributed by atoms with Gasteiger partial charge in [-0.05, 0) is 63.1 Å². The minimum atomic E-state index is 0.133. The van der Waals surface area contributed by atoms with Gasteiger partial charge in [-0.2, -0.15) is 0 Å². The zero-order chi connectivity index (χ0) is 18.9. The first kappa shape index (κ1) is 18.1. The maximum atomic E-state index is 13.0. The Hall–Kier alpha value is -2.27. The second-order valence-corrected chi connectivity index (χ2v) is 7.99. The van der Waals surface area contributed by atoms with Crippen LogP contribution < -0.4 is 0 Å². The third-order valence-corrected chi connectivity index (χ3v) is 5.87. The molecule has 1 aromatic carbocycles. The molecule has 0 atom stereocenters. The molecule has 3 heterocycles. The number of ether oxygens (including phenoxy) is 1. The Bertz CT molecular complexity index is 800. The monoisotopic (exact) mass is 365 g/mol. The Morgan fingerprint density at radius 2 is 1.70 bits per heavy atom. The standard InChI is InChI=1S/C22H27N3O2/c1-16-14-17(2)24-20(23-16)18-4-6-19(7-5-18)21(26)25-11-3-8-22(15-25)9-12-27-13-10-22/h4-7,14H,3,8-13,15H2,1-2H3. The number of piperidine rings is 1. The highest BCUT2D eigenvalue weighted by Gasteiger charge is 2.38. The van der Waals surface area contributed by atoms with Crippen LogP contribution in [0.4, 0.5) is 0 Å². The van der Waals surface area contributed by atoms with Gasteiger partial charge in [-0.15, -0.1) is 0 Å². The van der Waals surface area contributed by atoms with Crippen LogP contribution in [0, 0.1) is 19.3 Å². The average molecular weight is 365 g/mol. The summed E-state index contributed by atoms with van der Waals surface area (Å²) in [7, 11) is 0. The molecular weight excluding hydrogens is 338 g/mol. The van der Waals surface area contributed by atoms with Crippen LogP contribution in [-0.4, -0.2) is 47.1 Å². The quantitative estimate of drug-likeness (QED) is 0.812. The summed E-state index contributed by atoms with van der Waals surface area (Å²) in [6, 6.07) is 9.68. The van der Waals surface area contributed by atoms with Crippen molar-refractivity contribution in [1.29, 1.82) is 0 Å². The first-order chi connectivity index (χ1) is 13.0. The van der Waals surface area contributed by atoms with E-state index in [1.807, 2.05) is 49.1 Å². The molecule has 2 saturated heterocycles. The molecule has 27 heavy (non-hydrogen) atoms. The number of carbonyl (C=O) groups is 1. The molecule has 4 rings (SSSR count). The molecule has 2 aromatic rings. The number of hydrogen-bond donors (Lipinski definition) is 0. The maximum Gasteiger partial charge on any atom is 0.253 e. The van der Waals surface area contributed by atoms with Gasteiger partial charge in [-0.1, -0.05) is 12.1 Å². The van der Waals surface area contributed by atoms with Crippen LogP contribution in [-0.2, 0) is 4.74 Å². The van der Waals surface area contributed by atoms with Gasteiger partial charge in [0.1, 0.15) is 0 Å². The fourth-order valence-corrected chi connectivity index (χ4v) is 4.39. The number of nitrogens with zero attached hydrogens (tertiary/aromatic N) is 3. The first-order valence-electron chi connectivity index (χ1n) is 9.84. The molecule has 142 valence electrons. The lowest BCUT2D eigenvalue weighted by Crippen LogP contribution is -2.48. The largest absolute Gasteiger partial charge is 0.381 e. The summed E-state index contributed by atoms with van der Waals surface area (Å²) in [6.07, 6.45) is 4.43. The molecule has 1 spiro atoms. The molecule has 2 fully saturated rings. The highest BCUT2D eigenvalue weighted by Crippen LogP contribution is 2.39. The molecule has 1 amide bonds. The molecule has 0 unspecified atom stereocenters. The Morgan fingerprint density at radius 1 is 1.04 bits per heavy atom. The third kappa shape index (κ3) is 3.88. The van der Waals surface area contributed by atoms with Gasteiger partial charge >= 0.3 is 0 Å². The van der Waals surface area contributed by atoms with E-state index in [0.717, 1.165) is 68.1 Å². The van der Waals surface area contributed by atoms with E-state index in [1.54, 1.807) is 0 Å². The van der Waals surface area contributed by atoms with E-state index in [4.69, 9.17) is 4.74 Å². The molecule has 0 aliphatic carbocycles. The Morgan fingerprint density at radius 3 is 2.37 bits per heavy atom. The normalized spacial score (nSPS) is 19.3. The average Bonchev–Trinajstić information content (AvgIpc) is 2.67. The fraction of sp³-hybridized carbons (Fsp3) is 0.500. The maximum absolute atomic E-state index is 13.0. The fourth-order valence-electron chi connectivity index (χ4n) is 4.39. The molecule has 0 bridgehead atoms. The number of aromatic nitrogens is 2. The second-order valence-electron chi connectivity index (χ2n) is 7.99. The number of aryl methyl sites for hydroxylation is 2. The molecule has 2 aliphatic rings. The number of hydrogen-bond acceptors (Lipinski definition) is 4. The van der Waals surface area contributed by atoms with Crippen LogP contribution in [0.5, 0.6) is 0 Å². The number of rotatable bonds is 2. The van der Waals surface area contributed by atoms with E-state index in [2.05, 4.69) is 9.97 Å². The number of benzene rings is 1. The Balaban J connectivity index is 1.50. The van der Waals surface area contributed by atoms with Gasteiger partial charge < -0.3 is 9.64 Å². The summed E-state index contributed by atoms with van der Waals surface area (Å²) in [6.45, 7) is 7.30. The second kappa shape index (κ2) is 7.39. The highest BCUT2D eigenvalue weighted by atomic mass is 16.5. The molecule has 5 nitrogen and oxygen atoms in total. The topological polar surface area (TPSA) is 55.3 Å². The summed E-state index contributed by atoms with van der Waals surface area (Å²) in [5.74, 6) is 0.846. The van der Waals surface area contributed by atoms with E-state index in [1.165, 1.54) is 6.42 Å². The Labute approximate surface area is 160 Å². The summed E-state index contributed by atoms with van der Waals surface area (Å²) in [4.78, 5) is 24.1. The zero-order valence-corrected chi connectivity index (χ0v) is 16.2. The zero-order valence-electron chi connectivity index (χ0n) is 16.2. The summed E-state index contributed by atoms with van der Waals surface area (Å²) >= 11 is 0. The summed E-state index contributed by atoms with van der Waals surface area (Å²) in [5, 5.41) is 0. The SMILES string of the molecule is Cc1cc(C)nc(-c2ccc(C(=O)N3CCCC4(CCOCC4)C3)cc2)n1. The molecular formula is C22H27N3O2. The van der Waals surface area contributed by atoms with Gasteiger partial charge in [0, 0.05) is 48.8 Å². The molecule has 2 aliphatic heterocycles. The number of amides is 1. The van der Waals surface area contributed by atoms with Gasteiger partial charge in [-0.25, -0.2) is 9.97 Å². The van der Waals surface area contributed by atoms with E-state index in [-0.39, 0.29) is 11.3 Å². The molecule has 5 heteroatoms. The predicted molar refractivity (Wildman–Crippen MR) is 105 cm³/mol. The van der Waals surface area contributed by atoms with Crippen LogP contribution in [0.2, 0.25) is 0 Å². The van der Waals surface area contributed by atoms with Gasteiger partial charge in [0.05, 0.1) is 0 Å². The van der Waals surface area contributed by atoms with Crippen molar-refractivity contribution in [3.63, 3.8) is 0 Å². The van der Waals surface area contributed by atoms with Gasteiger partial charge in [0.2, 0.25) is 0 Å². The van der Waals surface area contributed by atoms with Crippen LogP contribution >= 0.6 is 0 Å². The predicted octanol–water partition coefficient (Wildman–Crippen LogP) is 3.79. The van der Waals surface area contributed by atoms with Crippen LogP contribution in [0.25, 0.3) is 11.4 Å². The molecule has 0 saturated carbocycles. The van der Waals surface area contributed by atoms with Crippen molar-refractivity contribution in [2.24, 2.45) is 5.41 Å². The lowest BCUT2D eigenvalue weighted by molar-refractivity contribution is -0.0229. The Kier molecular flexibility index (Phi) is 4.96.